The van der Waals surface area contributed by atoms with Gasteiger partial charge in [-0.1, -0.05) is 6.08 Å². The van der Waals surface area contributed by atoms with E-state index in [2.05, 4.69) is 0 Å². The number of allylic oxidation sites excluding steroid dienone is 1. The molecule has 0 aromatic heterocycles. The highest BCUT2D eigenvalue weighted by molar-refractivity contribution is 5.93. The molecule has 1 heterocycles. The number of ketones is 1. The van der Waals surface area contributed by atoms with E-state index in [1.807, 2.05) is 19.9 Å². The summed E-state index contributed by atoms with van der Waals surface area (Å²) < 4.78 is 11.6. The lowest BCUT2D eigenvalue weighted by Gasteiger charge is -2.23. The highest BCUT2D eigenvalue weighted by atomic mass is 16.8. The summed E-state index contributed by atoms with van der Waals surface area (Å²) in [4.78, 5) is 11.6. The van der Waals surface area contributed by atoms with Crippen molar-refractivity contribution < 1.29 is 14.3 Å². The molecule has 2 bridgehead atoms. The van der Waals surface area contributed by atoms with Crippen LogP contribution in [0.5, 0.6) is 0 Å². The van der Waals surface area contributed by atoms with E-state index in [1.54, 1.807) is 6.08 Å². The lowest BCUT2D eigenvalue weighted by Crippen LogP contribution is -2.29. The first kappa shape index (κ1) is 8.62. The topological polar surface area (TPSA) is 35.5 Å². The lowest BCUT2D eigenvalue weighted by atomic mass is 9.93. The maximum Gasteiger partial charge on any atom is 0.163 e. The maximum atomic E-state index is 11.6. The van der Waals surface area contributed by atoms with Gasteiger partial charge in [-0.05, 0) is 26.3 Å². The molecule has 14 heavy (non-hydrogen) atoms. The quantitative estimate of drug-likeness (QED) is 0.582. The second kappa shape index (κ2) is 2.47. The van der Waals surface area contributed by atoms with Gasteiger partial charge in [0.15, 0.2) is 11.6 Å². The van der Waals surface area contributed by atoms with Gasteiger partial charge in [0.2, 0.25) is 0 Å². The number of ether oxygens (including phenoxy) is 2. The summed E-state index contributed by atoms with van der Waals surface area (Å²) in [7, 11) is 0. The van der Waals surface area contributed by atoms with Gasteiger partial charge in [-0.3, -0.25) is 4.79 Å². The Morgan fingerprint density at radius 1 is 1.36 bits per heavy atom. The smallest absolute Gasteiger partial charge is 0.163 e. The van der Waals surface area contributed by atoms with E-state index < -0.39 is 5.79 Å². The minimum absolute atomic E-state index is 0.0162. The summed E-state index contributed by atoms with van der Waals surface area (Å²) in [6.45, 7) is 3.82. The van der Waals surface area contributed by atoms with Crippen LogP contribution in [0.15, 0.2) is 12.2 Å². The zero-order chi connectivity index (χ0) is 9.92. The van der Waals surface area contributed by atoms with Crippen LogP contribution in [0.1, 0.15) is 20.3 Å². The van der Waals surface area contributed by atoms with Crippen LogP contribution in [0.2, 0.25) is 0 Å². The van der Waals surface area contributed by atoms with Gasteiger partial charge in [-0.25, -0.2) is 0 Å². The van der Waals surface area contributed by atoms with Crippen LogP contribution >= 0.6 is 0 Å². The zero-order valence-electron chi connectivity index (χ0n) is 8.40. The van der Waals surface area contributed by atoms with E-state index in [-0.39, 0.29) is 23.9 Å². The van der Waals surface area contributed by atoms with Crippen LogP contribution in [0.3, 0.4) is 0 Å². The van der Waals surface area contributed by atoms with Gasteiger partial charge in [0.25, 0.3) is 0 Å². The molecular formula is C11H14O3. The van der Waals surface area contributed by atoms with Crippen molar-refractivity contribution in [1.29, 1.82) is 0 Å². The normalized spacial score (nSPS) is 48.3. The van der Waals surface area contributed by atoms with Crippen molar-refractivity contribution in [3.8, 4) is 0 Å². The fraction of sp³-hybridized carbons (Fsp3) is 0.727. The van der Waals surface area contributed by atoms with Crippen molar-refractivity contribution in [3.63, 3.8) is 0 Å². The number of fused-ring (bicyclic) bond motifs is 5. The molecule has 0 radical (unpaired) electrons. The van der Waals surface area contributed by atoms with Crippen LogP contribution in [0.25, 0.3) is 0 Å². The van der Waals surface area contributed by atoms with Gasteiger partial charge >= 0.3 is 0 Å². The minimum atomic E-state index is -0.516. The Labute approximate surface area is 83.1 Å². The Morgan fingerprint density at radius 2 is 2.07 bits per heavy atom. The summed E-state index contributed by atoms with van der Waals surface area (Å²) in [6, 6.07) is 0. The summed E-state index contributed by atoms with van der Waals surface area (Å²) in [5, 5.41) is 0. The molecule has 2 fully saturated rings. The van der Waals surface area contributed by atoms with Crippen molar-refractivity contribution in [1.82, 2.24) is 0 Å². The largest absolute Gasteiger partial charge is 0.344 e. The van der Waals surface area contributed by atoms with E-state index in [0.717, 1.165) is 6.42 Å². The standard InChI is InChI=1S/C11H14O3/c1-11(2)13-9-6-3-4-8(12)7(5-6)10(9)14-11/h3-4,6-7,9-10H,5H2,1-2H3/t6-,7+,9+,10-/m0/s1. The molecule has 0 unspecified atom stereocenters. The Kier molecular flexibility index (Phi) is 1.52. The second-order valence-corrected chi connectivity index (χ2v) is 4.83. The molecule has 3 rings (SSSR count). The van der Waals surface area contributed by atoms with Gasteiger partial charge in [-0.15, -0.1) is 0 Å². The Morgan fingerprint density at radius 3 is 2.86 bits per heavy atom. The molecule has 3 heteroatoms. The molecule has 1 aliphatic heterocycles. The first-order chi connectivity index (χ1) is 6.57. The van der Waals surface area contributed by atoms with Crippen molar-refractivity contribution >= 4 is 5.78 Å². The molecule has 3 nitrogen and oxygen atoms in total. The fourth-order valence-electron chi connectivity index (χ4n) is 2.83. The highest BCUT2D eigenvalue weighted by Gasteiger charge is 2.56. The van der Waals surface area contributed by atoms with Crippen molar-refractivity contribution in [2.75, 3.05) is 0 Å². The lowest BCUT2D eigenvalue weighted by molar-refractivity contribution is -0.161. The average Bonchev–Trinajstić information content (AvgIpc) is 2.53. The SMILES string of the molecule is CC1(C)O[C@@H]2[C@H](O1)[C@H]1C=CC(=O)[C@H]2C1. The minimum Gasteiger partial charge on any atom is -0.344 e. The summed E-state index contributed by atoms with van der Waals surface area (Å²) >= 11 is 0. The highest BCUT2D eigenvalue weighted by Crippen LogP contribution is 2.47. The van der Waals surface area contributed by atoms with Gasteiger partial charge < -0.3 is 9.47 Å². The van der Waals surface area contributed by atoms with Crippen molar-refractivity contribution in [2.24, 2.45) is 11.8 Å². The Bertz CT molecular complexity index is 318. The van der Waals surface area contributed by atoms with Crippen LogP contribution in [0.4, 0.5) is 0 Å². The summed E-state index contributed by atoms with van der Waals surface area (Å²) in [5.74, 6) is 0.105. The molecular weight excluding hydrogens is 180 g/mol. The van der Waals surface area contributed by atoms with E-state index in [4.69, 9.17) is 9.47 Å². The van der Waals surface area contributed by atoms with Crippen molar-refractivity contribution in [2.45, 2.75) is 38.3 Å². The van der Waals surface area contributed by atoms with Gasteiger partial charge in [-0.2, -0.15) is 0 Å². The third-order valence-corrected chi connectivity index (χ3v) is 3.38. The van der Waals surface area contributed by atoms with E-state index in [1.165, 1.54) is 0 Å². The molecule has 0 aromatic carbocycles. The summed E-state index contributed by atoms with van der Waals surface area (Å²) in [5.41, 5.74) is 0. The van der Waals surface area contributed by atoms with Crippen LogP contribution < -0.4 is 0 Å². The third-order valence-electron chi connectivity index (χ3n) is 3.38. The first-order valence-corrected chi connectivity index (χ1v) is 5.14. The molecule has 1 saturated carbocycles. The molecule has 0 spiro atoms. The van der Waals surface area contributed by atoms with Crippen LogP contribution in [-0.4, -0.2) is 23.8 Å². The van der Waals surface area contributed by atoms with Crippen molar-refractivity contribution in [3.05, 3.63) is 12.2 Å². The summed E-state index contributed by atoms with van der Waals surface area (Å²) in [6.07, 6.45) is 4.65. The Balaban J connectivity index is 1.95. The van der Waals surface area contributed by atoms with E-state index >= 15 is 0 Å². The van der Waals surface area contributed by atoms with Crippen LogP contribution in [0, 0.1) is 11.8 Å². The maximum absolute atomic E-state index is 11.6. The van der Waals surface area contributed by atoms with E-state index in [9.17, 15) is 4.79 Å². The molecule has 0 amide bonds. The van der Waals surface area contributed by atoms with Gasteiger partial charge in [0.1, 0.15) is 0 Å². The predicted molar refractivity (Wildman–Crippen MR) is 49.6 cm³/mol. The predicted octanol–water partition coefficient (Wildman–Crippen LogP) is 1.28. The number of hydrogen-bond donors (Lipinski definition) is 0. The Hall–Kier alpha value is -0.670. The number of rotatable bonds is 0. The molecule has 0 N–H and O–H groups in total. The monoisotopic (exact) mass is 194 g/mol. The molecule has 76 valence electrons. The number of hydrogen-bond acceptors (Lipinski definition) is 3. The average molecular weight is 194 g/mol. The number of carbonyl (C=O) groups is 1. The first-order valence-electron chi connectivity index (χ1n) is 5.14. The fourth-order valence-corrected chi connectivity index (χ4v) is 2.83. The molecule has 0 aromatic rings. The molecule has 3 aliphatic rings. The molecule has 1 saturated heterocycles. The molecule has 2 aliphatic carbocycles. The van der Waals surface area contributed by atoms with E-state index in [0.29, 0.717) is 5.92 Å². The van der Waals surface area contributed by atoms with Crippen LogP contribution in [-0.2, 0) is 14.3 Å². The molecule has 4 atom stereocenters. The van der Waals surface area contributed by atoms with Gasteiger partial charge in [0, 0.05) is 5.92 Å². The third kappa shape index (κ3) is 1.03. The zero-order valence-corrected chi connectivity index (χ0v) is 8.40. The van der Waals surface area contributed by atoms with Gasteiger partial charge in [0.05, 0.1) is 18.1 Å². The number of carbonyl (C=O) groups excluding carboxylic acids is 1. The second-order valence-electron chi connectivity index (χ2n) is 4.83.